The van der Waals surface area contributed by atoms with Crippen molar-refractivity contribution in [3.8, 4) is 0 Å². The number of benzene rings is 3. The summed E-state index contributed by atoms with van der Waals surface area (Å²) >= 11 is 5.81. The van der Waals surface area contributed by atoms with Gasteiger partial charge in [0, 0.05) is 11.1 Å². The average molecular weight is 432 g/mol. The van der Waals surface area contributed by atoms with Crippen LogP contribution in [-0.4, -0.2) is 19.3 Å². The van der Waals surface area contributed by atoms with Crippen LogP contribution in [0, 0.1) is 10.1 Å². The Morgan fingerprint density at radius 1 is 0.931 bits per heavy atom. The Bertz CT molecular complexity index is 1180. The number of para-hydroxylation sites is 1. The zero-order chi connectivity index (χ0) is 21.0. The van der Waals surface area contributed by atoms with E-state index in [-0.39, 0.29) is 17.1 Å². The molecular formula is C20H14ClNO6S. The molecule has 0 radical (unpaired) electrons. The van der Waals surface area contributed by atoms with Crippen molar-refractivity contribution in [2.75, 3.05) is 0 Å². The van der Waals surface area contributed by atoms with Crippen LogP contribution in [0.2, 0.25) is 5.02 Å². The van der Waals surface area contributed by atoms with Gasteiger partial charge in [0.1, 0.15) is 11.5 Å². The number of sulfone groups is 1. The molecule has 0 N–H and O–H groups in total. The number of ether oxygens (including phenoxy) is 1. The first-order valence-corrected chi connectivity index (χ1v) is 10.2. The van der Waals surface area contributed by atoms with Crippen molar-refractivity contribution >= 4 is 33.1 Å². The quantitative estimate of drug-likeness (QED) is 0.324. The van der Waals surface area contributed by atoms with E-state index in [0.717, 1.165) is 12.1 Å². The summed E-state index contributed by atoms with van der Waals surface area (Å²) in [6, 6.07) is 17.0. The number of rotatable bonds is 6. The average Bonchev–Trinajstić information content (AvgIpc) is 2.73. The Morgan fingerprint density at radius 3 is 2.17 bits per heavy atom. The highest BCUT2D eigenvalue weighted by Gasteiger charge is 2.30. The lowest BCUT2D eigenvalue weighted by Crippen LogP contribution is -2.13. The van der Waals surface area contributed by atoms with Gasteiger partial charge in [-0.2, -0.15) is 0 Å². The third-order valence-electron chi connectivity index (χ3n) is 4.03. The van der Waals surface area contributed by atoms with E-state index in [0.29, 0.717) is 10.6 Å². The second kappa shape index (κ2) is 8.42. The third-order valence-corrected chi connectivity index (χ3v) is 6.14. The van der Waals surface area contributed by atoms with Crippen LogP contribution in [0.25, 0.3) is 0 Å². The molecule has 0 aliphatic carbocycles. The number of carbonyl (C=O) groups excluding carboxylic acids is 1. The number of nitro benzene ring substituents is 1. The summed E-state index contributed by atoms with van der Waals surface area (Å²) in [5.41, 5.74) is -0.113. The molecule has 3 aromatic carbocycles. The molecule has 7 nitrogen and oxygen atoms in total. The summed E-state index contributed by atoms with van der Waals surface area (Å²) in [6.45, 7) is -0.0874. The van der Waals surface area contributed by atoms with Crippen molar-refractivity contribution in [3.63, 3.8) is 0 Å². The molecule has 0 bridgehead atoms. The second-order valence-electron chi connectivity index (χ2n) is 5.93. The van der Waals surface area contributed by atoms with Gasteiger partial charge in [-0.25, -0.2) is 13.2 Å². The first-order valence-electron chi connectivity index (χ1n) is 8.30. The standard InChI is InChI=1S/C20H14ClNO6S/c21-15-11-9-14(10-12-15)13-28-20(23)16-5-1-3-7-18(16)29(26,27)19-8-4-2-6-17(19)22(24)25/h1-12H,13H2. The highest BCUT2D eigenvalue weighted by atomic mass is 35.5. The molecule has 3 aromatic rings. The minimum Gasteiger partial charge on any atom is -0.457 e. The zero-order valence-electron chi connectivity index (χ0n) is 14.8. The molecule has 0 amide bonds. The van der Waals surface area contributed by atoms with Crippen LogP contribution >= 0.6 is 11.6 Å². The van der Waals surface area contributed by atoms with Crippen molar-refractivity contribution in [1.82, 2.24) is 0 Å². The van der Waals surface area contributed by atoms with Gasteiger partial charge in [0.05, 0.1) is 15.4 Å². The maximum absolute atomic E-state index is 13.1. The fourth-order valence-corrected chi connectivity index (χ4v) is 4.37. The fourth-order valence-electron chi connectivity index (χ4n) is 2.63. The van der Waals surface area contributed by atoms with Crippen molar-refractivity contribution < 1.29 is 22.9 Å². The number of nitro groups is 1. The summed E-state index contributed by atoms with van der Waals surface area (Å²) in [4.78, 5) is 22.2. The summed E-state index contributed by atoms with van der Waals surface area (Å²) in [6.07, 6.45) is 0. The first kappa shape index (κ1) is 20.5. The maximum Gasteiger partial charge on any atom is 0.339 e. The molecule has 0 aromatic heterocycles. The van der Waals surface area contributed by atoms with Gasteiger partial charge in [0.2, 0.25) is 9.84 Å². The third kappa shape index (κ3) is 4.44. The van der Waals surface area contributed by atoms with Gasteiger partial charge < -0.3 is 4.74 Å². The van der Waals surface area contributed by atoms with E-state index >= 15 is 0 Å². The number of esters is 1. The van der Waals surface area contributed by atoms with Crippen molar-refractivity contribution in [1.29, 1.82) is 0 Å². The van der Waals surface area contributed by atoms with Crippen LogP contribution in [0.4, 0.5) is 5.69 Å². The molecular weight excluding hydrogens is 418 g/mol. The molecule has 9 heteroatoms. The molecule has 0 heterocycles. The largest absolute Gasteiger partial charge is 0.457 e. The van der Waals surface area contributed by atoms with E-state index < -0.39 is 31.3 Å². The molecule has 0 fully saturated rings. The summed E-state index contributed by atoms with van der Waals surface area (Å²) < 4.78 is 31.4. The molecule has 0 saturated heterocycles. The van der Waals surface area contributed by atoms with Crippen LogP contribution in [0.15, 0.2) is 82.6 Å². The van der Waals surface area contributed by atoms with E-state index in [9.17, 15) is 23.3 Å². The fraction of sp³-hybridized carbons (Fsp3) is 0.0500. The van der Waals surface area contributed by atoms with Gasteiger partial charge in [-0.1, -0.05) is 48.0 Å². The summed E-state index contributed by atoms with van der Waals surface area (Å²) in [5, 5.41) is 11.8. The van der Waals surface area contributed by atoms with Gasteiger partial charge in [0.15, 0.2) is 0 Å². The minimum atomic E-state index is -4.34. The number of carbonyl (C=O) groups is 1. The van der Waals surface area contributed by atoms with E-state index in [1.54, 1.807) is 24.3 Å². The van der Waals surface area contributed by atoms with Gasteiger partial charge in [0.25, 0.3) is 5.69 Å². The Balaban J connectivity index is 1.95. The normalized spacial score (nSPS) is 11.1. The first-order chi connectivity index (χ1) is 13.8. The predicted molar refractivity (Wildman–Crippen MR) is 106 cm³/mol. The molecule has 0 unspecified atom stereocenters. The highest BCUT2D eigenvalue weighted by Crippen LogP contribution is 2.31. The molecule has 0 aliphatic rings. The van der Waals surface area contributed by atoms with Crippen LogP contribution in [0.1, 0.15) is 15.9 Å². The lowest BCUT2D eigenvalue weighted by molar-refractivity contribution is -0.387. The van der Waals surface area contributed by atoms with E-state index in [1.165, 1.54) is 36.4 Å². The number of hydrogen-bond donors (Lipinski definition) is 0. The lowest BCUT2D eigenvalue weighted by Gasteiger charge is -2.11. The molecule has 0 saturated carbocycles. The minimum absolute atomic E-state index is 0.0874. The molecule has 0 spiro atoms. The number of nitrogens with zero attached hydrogens (tertiary/aromatic N) is 1. The van der Waals surface area contributed by atoms with Crippen LogP contribution in [0.5, 0.6) is 0 Å². The summed E-state index contributed by atoms with van der Waals surface area (Å²) in [7, 11) is -4.34. The van der Waals surface area contributed by atoms with Crippen molar-refractivity contribution in [2.24, 2.45) is 0 Å². The molecule has 29 heavy (non-hydrogen) atoms. The Hall–Kier alpha value is -3.23. The van der Waals surface area contributed by atoms with Crippen LogP contribution < -0.4 is 0 Å². The predicted octanol–water partition coefficient (Wildman–Crippen LogP) is 4.44. The SMILES string of the molecule is O=C(OCc1ccc(Cl)cc1)c1ccccc1S(=O)(=O)c1ccccc1[N+](=O)[O-]. The summed E-state index contributed by atoms with van der Waals surface area (Å²) in [5.74, 6) is -0.863. The topological polar surface area (TPSA) is 104 Å². The lowest BCUT2D eigenvalue weighted by atomic mass is 10.2. The highest BCUT2D eigenvalue weighted by molar-refractivity contribution is 7.91. The Kier molecular flexibility index (Phi) is 5.95. The smallest absolute Gasteiger partial charge is 0.339 e. The van der Waals surface area contributed by atoms with E-state index in [1.807, 2.05) is 0 Å². The van der Waals surface area contributed by atoms with Gasteiger partial charge in [-0.3, -0.25) is 10.1 Å². The monoisotopic (exact) mass is 431 g/mol. The molecule has 148 valence electrons. The molecule has 0 aliphatic heterocycles. The zero-order valence-corrected chi connectivity index (χ0v) is 16.4. The number of hydrogen-bond acceptors (Lipinski definition) is 6. The second-order valence-corrected chi connectivity index (χ2v) is 8.25. The van der Waals surface area contributed by atoms with Crippen LogP contribution in [0.3, 0.4) is 0 Å². The van der Waals surface area contributed by atoms with Crippen LogP contribution in [-0.2, 0) is 21.2 Å². The van der Waals surface area contributed by atoms with Gasteiger partial charge in [-0.05, 0) is 35.9 Å². The molecule has 3 rings (SSSR count). The van der Waals surface area contributed by atoms with Crippen molar-refractivity contribution in [2.45, 2.75) is 16.4 Å². The Labute approximate surface area is 171 Å². The van der Waals surface area contributed by atoms with E-state index in [2.05, 4.69) is 0 Å². The Morgan fingerprint density at radius 2 is 1.52 bits per heavy atom. The van der Waals surface area contributed by atoms with Gasteiger partial charge in [-0.15, -0.1) is 0 Å². The van der Waals surface area contributed by atoms with Crippen molar-refractivity contribution in [3.05, 3.63) is 99.1 Å². The van der Waals surface area contributed by atoms with E-state index in [4.69, 9.17) is 16.3 Å². The van der Waals surface area contributed by atoms with Gasteiger partial charge >= 0.3 is 5.97 Å². The molecule has 0 atom stereocenters. The number of halogens is 1. The maximum atomic E-state index is 13.1.